The molecular formula is C38H50N6O6. The van der Waals surface area contributed by atoms with Crippen LogP contribution in [-0.4, -0.2) is 69.7 Å². The lowest BCUT2D eigenvalue weighted by molar-refractivity contribution is -0.149. The number of carbonyl (C=O) groups is 4. The van der Waals surface area contributed by atoms with Gasteiger partial charge < -0.3 is 25.8 Å². The minimum Gasteiger partial charge on any atom is -0.445 e. The number of hydrogen-bond acceptors (Lipinski definition) is 8. The molecule has 1 aliphatic rings. The van der Waals surface area contributed by atoms with Gasteiger partial charge in [-0.25, -0.2) is 9.80 Å². The van der Waals surface area contributed by atoms with Gasteiger partial charge in [0.2, 0.25) is 5.91 Å². The van der Waals surface area contributed by atoms with E-state index in [-0.39, 0.29) is 37.9 Å². The number of rotatable bonds is 14. The van der Waals surface area contributed by atoms with Crippen LogP contribution >= 0.6 is 0 Å². The number of nitrogens with one attached hydrogen (secondary N) is 2. The Morgan fingerprint density at radius 2 is 1.62 bits per heavy atom. The molecule has 3 aromatic rings. The second-order valence-electron chi connectivity index (χ2n) is 13.2. The largest absolute Gasteiger partial charge is 0.445 e. The standard InChI is InChI=1S/C38H50N6O6/c1-6-26(4)44(41-35(46)34(45)20-19-25(2)3)37(48)32(40-38(49)50-23-28-13-8-7-9-14-28)21-30-22-42(36(47)27(5)39)24-43(30)33-18-12-16-29-15-10-11-17-31(29)33/h7-18,22,25-27,32,34,45H,6,19-21,23-24,39H2,1-5H3,(H,40,49)(H,41,46)/t26?,27-,32+,34-/m0/s1. The van der Waals surface area contributed by atoms with Crippen LogP contribution in [0.15, 0.2) is 84.7 Å². The maximum absolute atomic E-state index is 14.5. The molecule has 0 bridgehead atoms. The van der Waals surface area contributed by atoms with Crippen LogP contribution in [0.25, 0.3) is 10.8 Å². The Bertz CT molecular complexity index is 1660. The summed E-state index contributed by atoms with van der Waals surface area (Å²) in [4.78, 5) is 57.5. The summed E-state index contributed by atoms with van der Waals surface area (Å²) < 4.78 is 5.51. The van der Waals surface area contributed by atoms with Crippen LogP contribution in [0.3, 0.4) is 0 Å². The number of benzene rings is 3. The van der Waals surface area contributed by atoms with Crippen molar-refractivity contribution in [2.45, 2.75) is 91.1 Å². The molecule has 268 valence electrons. The van der Waals surface area contributed by atoms with E-state index in [1.54, 1.807) is 20.0 Å². The second-order valence-corrected chi connectivity index (χ2v) is 13.2. The van der Waals surface area contributed by atoms with Gasteiger partial charge in [-0.15, -0.1) is 0 Å². The number of nitrogens with zero attached hydrogens (tertiary/aromatic N) is 3. The summed E-state index contributed by atoms with van der Waals surface area (Å²) in [5, 5.41) is 16.4. The highest BCUT2D eigenvalue weighted by molar-refractivity contribution is 5.96. The lowest BCUT2D eigenvalue weighted by Gasteiger charge is -2.34. The van der Waals surface area contributed by atoms with E-state index < -0.39 is 42.1 Å². The van der Waals surface area contributed by atoms with Gasteiger partial charge >= 0.3 is 6.09 Å². The van der Waals surface area contributed by atoms with Gasteiger partial charge in [0.1, 0.15) is 25.4 Å². The van der Waals surface area contributed by atoms with Gasteiger partial charge in [-0.1, -0.05) is 87.5 Å². The fourth-order valence-corrected chi connectivity index (χ4v) is 5.63. The van der Waals surface area contributed by atoms with E-state index in [1.807, 2.05) is 98.5 Å². The Morgan fingerprint density at radius 1 is 0.940 bits per heavy atom. The first-order valence-electron chi connectivity index (χ1n) is 17.2. The number of anilines is 1. The first-order chi connectivity index (χ1) is 23.9. The zero-order valence-corrected chi connectivity index (χ0v) is 29.5. The van der Waals surface area contributed by atoms with E-state index in [2.05, 4.69) is 10.7 Å². The number of amides is 4. The highest BCUT2D eigenvalue weighted by Crippen LogP contribution is 2.34. The molecule has 1 unspecified atom stereocenters. The van der Waals surface area contributed by atoms with Crippen molar-refractivity contribution in [3.63, 3.8) is 0 Å². The van der Waals surface area contributed by atoms with Crippen LogP contribution in [-0.2, 0) is 25.7 Å². The lowest BCUT2D eigenvalue weighted by atomic mass is 10.0. The predicted octanol–water partition coefficient (Wildman–Crippen LogP) is 4.78. The van der Waals surface area contributed by atoms with Crippen molar-refractivity contribution in [2.24, 2.45) is 11.7 Å². The molecule has 1 heterocycles. The molecule has 0 aliphatic carbocycles. The van der Waals surface area contributed by atoms with E-state index in [9.17, 15) is 24.3 Å². The van der Waals surface area contributed by atoms with Gasteiger partial charge in [0.05, 0.1) is 17.8 Å². The van der Waals surface area contributed by atoms with Gasteiger partial charge in [0, 0.05) is 23.7 Å². The fourth-order valence-electron chi connectivity index (χ4n) is 5.63. The molecule has 4 amide bonds. The molecule has 0 fully saturated rings. The third-order valence-electron chi connectivity index (χ3n) is 8.71. The molecule has 0 spiro atoms. The summed E-state index contributed by atoms with van der Waals surface area (Å²) in [5.74, 6) is -1.36. The number of ether oxygens (including phenoxy) is 1. The van der Waals surface area contributed by atoms with Crippen LogP contribution in [0.2, 0.25) is 0 Å². The Morgan fingerprint density at radius 3 is 2.30 bits per heavy atom. The Balaban J connectivity index is 1.69. The summed E-state index contributed by atoms with van der Waals surface area (Å²) in [7, 11) is 0. The Hall–Kier alpha value is -4.94. The van der Waals surface area contributed by atoms with Crippen molar-refractivity contribution in [3.05, 3.63) is 90.3 Å². The molecule has 0 aromatic heterocycles. The average molecular weight is 687 g/mol. The number of alkyl carbamates (subject to hydrolysis) is 1. The highest BCUT2D eigenvalue weighted by Gasteiger charge is 2.36. The molecule has 12 heteroatoms. The number of carbonyl (C=O) groups excluding carboxylic acids is 4. The number of hydrogen-bond donors (Lipinski definition) is 4. The minimum absolute atomic E-state index is 0.0249. The fraction of sp³-hybridized carbons (Fsp3) is 0.421. The van der Waals surface area contributed by atoms with Crippen molar-refractivity contribution < 1.29 is 29.0 Å². The van der Waals surface area contributed by atoms with Gasteiger partial charge in [0.15, 0.2) is 0 Å². The molecular weight excluding hydrogens is 636 g/mol. The SMILES string of the molecule is CCC(C)N(NC(=O)[C@@H](O)CCC(C)C)C(=O)[C@@H](CC1=CN(C(=O)[C@H](C)N)CN1c1cccc2ccccc12)NC(=O)OCc1ccccc1. The molecule has 3 aromatic carbocycles. The van der Waals surface area contributed by atoms with Crippen molar-refractivity contribution in [3.8, 4) is 0 Å². The van der Waals surface area contributed by atoms with E-state index >= 15 is 0 Å². The first kappa shape index (κ1) is 37.9. The lowest BCUT2D eigenvalue weighted by Crippen LogP contribution is -2.59. The zero-order valence-electron chi connectivity index (χ0n) is 29.5. The molecule has 50 heavy (non-hydrogen) atoms. The number of fused-ring (bicyclic) bond motifs is 1. The van der Waals surface area contributed by atoms with E-state index in [0.717, 1.165) is 22.0 Å². The van der Waals surface area contributed by atoms with Crippen LogP contribution < -0.4 is 21.4 Å². The normalized spacial score (nSPS) is 15.2. The molecule has 1 aliphatic heterocycles. The van der Waals surface area contributed by atoms with E-state index in [0.29, 0.717) is 18.5 Å². The third kappa shape index (κ3) is 9.82. The van der Waals surface area contributed by atoms with Crippen LogP contribution in [0.1, 0.15) is 65.9 Å². The van der Waals surface area contributed by atoms with Crippen molar-refractivity contribution in [2.75, 3.05) is 11.6 Å². The molecule has 4 rings (SSSR count). The molecule has 5 N–H and O–H groups in total. The highest BCUT2D eigenvalue weighted by atomic mass is 16.5. The zero-order chi connectivity index (χ0) is 36.4. The third-order valence-corrected chi connectivity index (χ3v) is 8.71. The summed E-state index contributed by atoms with van der Waals surface area (Å²) in [6, 6.07) is 20.3. The predicted molar refractivity (Wildman–Crippen MR) is 193 cm³/mol. The Labute approximate surface area is 294 Å². The molecule has 0 radical (unpaired) electrons. The maximum Gasteiger partial charge on any atom is 0.408 e. The van der Waals surface area contributed by atoms with Gasteiger partial charge in [-0.2, -0.15) is 0 Å². The summed E-state index contributed by atoms with van der Waals surface area (Å²) in [6.45, 7) is 9.34. The van der Waals surface area contributed by atoms with Crippen molar-refractivity contribution in [1.29, 1.82) is 0 Å². The van der Waals surface area contributed by atoms with Crippen molar-refractivity contribution >= 4 is 40.3 Å². The van der Waals surface area contributed by atoms with Crippen LogP contribution in [0.5, 0.6) is 0 Å². The summed E-state index contributed by atoms with van der Waals surface area (Å²) >= 11 is 0. The molecule has 0 saturated carbocycles. The first-order valence-corrected chi connectivity index (χ1v) is 17.2. The van der Waals surface area contributed by atoms with Crippen LogP contribution in [0.4, 0.5) is 10.5 Å². The topological polar surface area (TPSA) is 158 Å². The minimum atomic E-state index is -1.32. The molecule has 4 atom stereocenters. The van der Waals surface area contributed by atoms with Gasteiger partial charge in [0.25, 0.3) is 11.8 Å². The number of aliphatic hydroxyl groups excluding tert-OH is 1. The smallest absolute Gasteiger partial charge is 0.408 e. The quantitative estimate of drug-likeness (QED) is 0.177. The Kier molecular flexibility index (Phi) is 13.4. The average Bonchev–Trinajstić information content (AvgIpc) is 3.53. The van der Waals surface area contributed by atoms with Gasteiger partial charge in [-0.3, -0.25) is 24.7 Å². The van der Waals surface area contributed by atoms with E-state index in [4.69, 9.17) is 10.5 Å². The number of hydrazine groups is 1. The monoisotopic (exact) mass is 686 g/mol. The van der Waals surface area contributed by atoms with Crippen LogP contribution in [0, 0.1) is 5.92 Å². The summed E-state index contributed by atoms with van der Waals surface area (Å²) in [6.07, 6.45) is 0.750. The molecule has 12 nitrogen and oxygen atoms in total. The van der Waals surface area contributed by atoms with Gasteiger partial charge in [-0.05, 0) is 56.0 Å². The second kappa shape index (κ2) is 17.6. The molecule has 0 saturated heterocycles. The van der Waals surface area contributed by atoms with E-state index in [1.165, 1.54) is 9.91 Å². The number of nitrogens with two attached hydrogens (primary N) is 1. The summed E-state index contributed by atoms with van der Waals surface area (Å²) in [5.41, 5.74) is 10.7. The number of aliphatic hydroxyl groups is 1. The van der Waals surface area contributed by atoms with Crippen molar-refractivity contribution in [1.82, 2.24) is 20.7 Å². The maximum atomic E-state index is 14.5.